The number of ether oxygens (including phenoxy) is 3. The van der Waals surface area contributed by atoms with Gasteiger partial charge in [0, 0.05) is 16.8 Å². The van der Waals surface area contributed by atoms with Crippen LogP contribution in [-0.2, 0) is 4.79 Å². The molecule has 0 unspecified atom stereocenters. The summed E-state index contributed by atoms with van der Waals surface area (Å²) in [6.07, 6.45) is 4.71. The molecule has 0 saturated heterocycles. The molecule has 0 aromatic heterocycles. The molecule has 212 valence electrons. The van der Waals surface area contributed by atoms with Gasteiger partial charge in [-0.25, -0.2) is 0 Å². The van der Waals surface area contributed by atoms with Gasteiger partial charge in [-0.05, 0) is 83.9 Å². The smallest absolute Gasteiger partial charge is 0.272 e. The third-order valence-corrected chi connectivity index (χ3v) is 6.20. The number of carbonyl (C=O) groups is 3. The maximum Gasteiger partial charge on any atom is 0.272 e. The van der Waals surface area contributed by atoms with Gasteiger partial charge < -0.3 is 24.8 Å². The van der Waals surface area contributed by atoms with Gasteiger partial charge in [0.2, 0.25) is 0 Å². The van der Waals surface area contributed by atoms with Gasteiger partial charge in [0.1, 0.15) is 11.4 Å². The number of allylic oxidation sites excluding steroid dienone is 1. The van der Waals surface area contributed by atoms with Crippen LogP contribution in [0, 0.1) is 0 Å². The highest BCUT2D eigenvalue weighted by molar-refractivity contribution is 6.11. The number of hydrogen-bond donors (Lipinski definition) is 2. The van der Waals surface area contributed by atoms with Gasteiger partial charge >= 0.3 is 0 Å². The molecule has 0 fully saturated rings. The highest BCUT2D eigenvalue weighted by Gasteiger charge is 2.15. The molecule has 4 rings (SSSR count). The molecular weight excluding hydrogens is 532 g/mol. The number of methoxy groups -OCH3 is 3. The molecule has 0 atom stereocenters. The Morgan fingerprint density at radius 3 is 2.10 bits per heavy atom. The minimum atomic E-state index is -0.533. The number of carbonyl (C=O) groups excluding carboxylic acids is 3. The van der Waals surface area contributed by atoms with Crippen LogP contribution in [0.25, 0.3) is 12.2 Å². The predicted molar refractivity (Wildman–Crippen MR) is 163 cm³/mol. The normalized spacial score (nSPS) is 11.1. The Balaban J connectivity index is 1.49. The van der Waals surface area contributed by atoms with Crippen molar-refractivity contribution in [2.75, 3.05) is 26.6 Å². The number of nitrogens with one attached hydrogen (secondary N) is 2. The Bertz CT molecular complexity index is 1630. The fraction of sp³-hybridized carbons (Fsp3) is 0.0882. The van der Waals surface area contributed by atoms with Gasteiger partial charge in [-0.3, -0.25) is 14.4 Å². The van der Waals surface area contributed by atoms with Crippen LogP contribution in [0.3, 0.4) is 0 Å². The summed E-state index contributed by atoms with van der Waals surface area (Å²) in [5.74, 6) is 0.595. The summed E-state index contributed by atoms with van der Waals surface area (Å²) in [7, 11) is 4.65. The molecular formula is C34H30N2O6. The quantitative estimate of drug-likeness (QED) is 0.171. The maximum absolute atomic E-state index is 13.3. The highest BCUT2D eigenvalue weighted by Crippen LogP contribution is 2.28. The minimum absolute atomic E-state index is 0.0371. The SMILES string of the molecule is COc1cccc(/C=C(\NC(=O)c2ccccc2)C(=O)Nc2ccc(C(=O)/C=C/c3ccc(OC)c(OC)c3)cc2)c1. The fourth-order valence-electron chi connectivity index (χ4n) is 3.98. The first-order valence-corrected chi connectivity index (χ1v) is 13.0. The Hall–Kier alpha value is -5.63. The Kier molecular flexibility index (Phi) is 9.88. The van der Waals surface area contributed by atoms with E-state index in [0.29, 0.717) is 39.6 Å². The Morgan fingerprint density at radius 2 is 1.40 bits per heavy atom. The summed E-state index contributed by atoms with van der Waals surface area (Å²) >= 11 is 0. The molecule has 42 heavy (non-hydrogen) atoms. The van der Waals surface area contributed by atoms with E-state index in [1.165, 1.54) is 6.08 Å². The van der Waals surface area contributed by atoms with Crippen molar-refractivity contribution >= 4 is 35.4 Å². The number of rotatable bonds is 11. The van der Waals surface area contributed by atoms with Gasteiger partial charge in [0.15, 0.2) is 17.3 Å². The standard InChI is InChI=1S/C34H30N2O6/c1-40-28-11-7-8-24(20-28)21-29(36-33(38)26-9-5-4-6-10-26)34(39)35-27-16-14-25(15-17-27)30(37)18-12-23-13-19-31(41-2)32(22-23)42-3/h4-22H,1-3H3,(H,35,39)(H,36,38)/b18-12+,29-21-. The molecule has 4 aromatic carbocycles. The van der Waals surface area contributed by atoms with Crippen LogP contribution >= 0.6 is 0 Å². The molecule has 0 spiro atoms. The second-order valence-electron chi connectivity index (χ2n) is 9.00. The monoisotopic (exact) mass is 562 g/mol. The van der Waals surface area contributed by atoms with Crippen LogP contribution in [0.15, 0.2) is 109 Å². The lowest BCUT2D eigenvalue weighted by Crippen LogP contribution is -2.30. The van der Waals surface area contributed by atoms with Crippen LogP contribution in [0.1, 0.15) is 31.8 Å². The molecule has 0 aliphatic heterocycles. The number of ketones is 1. The van der Waals surface area contributed by atoms with E-state index in [9.17, 15) is 14.4 Å². The van der Waals surface area contributed by atoms with E-state index < -0.39 is 11.8 Å². The van der Waals surface area contributed by atoms with Crippen molar-refractivity contribution in [3.8, 4) is 17.2 Å². The molecule has 0 radical (unpaired) electrons. The van der Waals surface area contributed by atoms with E-state index in [4.69, 9.17) is 14.2 Å². The molecule has 0 aliphatic rings. The van der Waals surface area contributed by atoms with E-state index in [0.717, 1.165) is 5.56 Å². The lowest BCUT2D eigenvalue weighted by atomic mass is 10.1. The average molecular weight is 563 g/mol. The van der Waals surface area contributed by atoms with Crippen LogP contribution in [-0.4, -0.2) is 38.9 Å². The Morgan fingerprint density at radius 1 is 0.667 bits per heavy atom. The van der Waals surface area contributed by atoms with Gasteiger partial charge in [-0.2, -0.15) is 0 Å². The molecule has 8 nitrogen and oxygen atoms in total. The molecule has 4 aromatic rings. The summed E-state index contributed by atoms with van der Waals surface area (Å²) in [5.41, 5.74) is 2.77. The fourth-order valence-corrected chi connectivity index (χ4v) is 3.98. The summed E-state index contributed by atoms with van der Waals surface area (Å²) in [6, 6.07) is 27.5. The Labute approximate surface area is 244 Å². The van der Waals surface area contributed by atoms with Crippen molar-refractivity contribution in [2.45, 2.75) is 0 Å². The van der Waals surface area contributed by atoms with Gasteiger partial charge in [0.05, 0.1) is 21.3 Å². The zero-order valence-electron chi connectivity index (χ0n) is 23.4. The first-order valence-electron chi connectivity index (χ1n) is 13.0. The third kappa shape index (κ3) is 7.73. The molecule has 0 aliphatic carbocycles. The van der Waals surface area contributed by atoms with Gasteiger partial charge in [-0.15, -0.1) is 0 Å². The topological polar surface area (TPSA) is 103 Å². The van der Waals surface area contributed by atoms with Crippen molar-refractivity contribution in [1.29, 1.82) is 0 Å². The second kappa shape index (κ2) is 14.1. The summed E-state index contributed by atoms with van der Waals surface area (Å²) < 4.78 is 15.8. The van der Waals surface area contributed by atoms with Crippen molar-refractivity contribution in [1.82, 2.24) is 5.32 Å². The van der Waals surface area contributed by atoms with Crippen LogP contribution in [0.4, 0.5) is 5.69 Å². The largest absolute Gasteiger partial charge is 0.497 e. The average Bonchev–Trinajstić information content (AvgIpc) is 3.03. The lowest BCUT2D eigenvalue weighted by molar-refractivity contribution is -0.113. The van der Waals surface area contributed by atoms with Crippen molar-refractivity contribution in [3.05, 3.63) is 131 Å². The lowest BCUT2D eigenvalue weighted by Gasteiger charge is -2.12. The van der Waals surface area contributed by atoms with Crippen molar-refractivity contribution < 1.29 is 28.6 Å². The summed E-state index contributed by atoms with van der Waals surface area (Å²) in [5, 5.41) is 5.49. The second-order valence-corrected chi connectivity index (χ2v) is 9.00. The molecule has 2 N–H and O–H groups in total. The van der Waals surface area contributed by atoms with Crippen molar-refractivity contribution in [3.63, 3.8) is 0 Å². The molecule has 0 bridgehead atoms. The summed E-state index contributed by atoms with van der Waals surface area (Å²) in [6.45, 7) is 0. The van der Waals surface area contributed by atoms with E-state index in [1.807, 2.05) is 6.07 Å². The zero-order chi connectivity index (χ0) is 29.9. The highest BCUT2D eigenvalue weighted by atomic mass is 16.5. The van der Waals surface area contributed by atoms with E-state index in [1.54, 1.807) is 124 Å². The van der Waals surface area contributed by atoms with Crippen molar-refractivity contribution in [2.24, 2.45) is 0 Å². The molecule has 2 amide bonds. The minimum Gasteiger partial charge on any atom is -0.497 e. The molecule has 0 heterocycles. The first-order chi connectivity index (χ1) is 20.4. The summed E-state index contributed by atoms with van der Waals surface area (Å²) in [4.78, 5) is 38.9. The third-order valence-electron chi connectivity index (χ3n) is 6.20. The number of anilines is 1. The number of amides is 2. The maximum atomic E-state index is 13.3. The van der Waals surface area contributed by atoms with E-state index >= 15 is 0 Å². The van der Waals surface area contributed by atoms with Gasteiger partial charge in [0.25, 0.3) is 11.8 Å². The van der Waals surface area contributed by atoms with Gasteiger partial charge in [-0.1, -0.05) is 42.5 Å². The zero-order valence-corrected chi connectivity index (χ0v) is 23.4. The van der Waals surface area contributed by atoms with Crippen LogP contribution < -0.4 is 24.8 Å². The molecule has 8 heteroatoms. The number of hydrogen-bond acceptors (Lipinski definition) is 6. The van der Waals surface area contributed by atoms with E-state index in [-0.39, 0.29) is 11.5 Å². The first kappa shape index (κ1) is 29.4. The van der Waals surface area contributed by atoms with Crippen LogP contribution in [0.2, 0.25) is 0 Å². The predicted octanol–water partition coefficient (Wildman–Crippen LogP) is 6.02. The van der Waals surface area contributed by atoms with E-state index in [2.05, 4.69) is 10.6 Å². The number of benzene rings is 4. The molecule has 0 saturated carbocycles. The van der Waals surface area contributed by atoms with Crippen LogP contribution in [0.5, 0.6) is 17.2 Å².